The highest BCUT2D eigenvalue weighted by Gasteiger charge is 2.14. The first-order valence-electron chi connectivity index (χ1n) is 7.07. The highest BCUT2D eigenvalue weighted by molar-refractivity contribution is 7.80. The zero-order valence-electron chi connectivity index (χ0n) is 12.0. The van der Waals surface area contributed by atoms with E-state index in [-0.39, 0.29) is 11.9 Å². The molecule has 2 unspecified atom stereocenters. The second-order valence-electron chi connectivity index (χ2n) is 4.92. The molecule has 20 heavy (non-hydrogen) atoms. The molecule has 0 aliphatic rings. The number of halogens is 1. The Kier molecular flexibility index (Phi) is 8.31. The first-order valence-corrected chi connectivity index (χ1v) is 7.71. The Morgan fingerprint density at radius 2 is 2.10 bits per heavy atom. The Bertz CT molecular complexity index is 442. The van der Waals surface area contributed by atoms with Crippen LogP contribution in [0.4, 0.5) is 4.39 Å². The van der Waals surface area contributed by atoms with Crippen LogP contribution in [0, 0.1) is 11.7 Å². The van der Waals surface area contributed by atoms with Crippen molar-refractivity contribution >= 4 is 12.6 Å². The molecule has 0 bridgehead atoms. The summed E-state index contributed by atoms with van der Waals surface area (Å²) in [6, 6.07) is 6.88. The van der Waals surface area contributed by atoms with Crippen LogP contribution < -0.4 is 5.73 Å². The van der Waals surface area contributed by atoms with Gasteiger partial charge in [-0.05, 0) is 55.6 Å². The SMILES string of the molecule is C/C=C\C=C/C(CCc1cccc(F)c1)C(N)CCS. The lowest BCUT2D eigenvalue weighted by molar-refractivity contribution is 0.461. The van der Waals surface area contributed by atoms with E-state index in [0.29, 0.717) is 5.92 Å². The lowest BCUT2D eigenvalue weighted by Gasteiger charge is -2.20. The van der Waals surface area contributed by atoms with Crippen molar-refractivity contribution in [2.24, 2.45) is 11.7 Å². The number of allylic oxidation sites excluding steroid dienone is 3. The standard InChI is InChI=1S/C17H24FNS/c1-2-3-4-7-15(17(19)11-12-20)10-9-14-6-5-8-16(18)13-14/h2-8,13,15,17,20H,9-12,19H2,1H3/b3-2-,7-4-. The van der Waals surface area contributed by atoms with Crippen molar-refractivity contribution in [2.75, 3.05) is 5.75 Å². The van der Waals surface area contributed by atoms with E-state index in [9.17, 15) is 4.39 Å². The van der Waals surface area contributed by atoms with Crippen molar-refractivity contribution < 1.29 is 4.39 Å². The van der Waals surface area contributed by atoms with Gasteiger partial charge in [-0.2, -0.15) is 12.6 Å². The summed E-state index contributed by atoms with van der Waals surface area (Å²) in [6.45, 7) is 1.99. The van der Waals surface area contributed by atoms with Crippen LogP contribution in [0.2, 0.25) is 0 Å². The molecule has 110 valence electrons. The van der Waals surface area contributed by atoms with Crippen LogP contribution in [0.3, 0.4) is 0 Å². The number of rotatable bonds is 8. The zero-order chi connectivity index (χ0) is 14.8. The minimum Gasteiger partial charge on any atom is -0.327 e. The second-order valence-corrected chi connectivity index (χ2v) is 5.37. The number of hydrogen-bond donors (Lipinski definition) is 2. The number of nitrogens with two attached hydrogens (primary N) is 1. The molecule has 0 aliphatic carbocycles. The molecular weight excluding hydrogens is 269 g/mol. The number of aryl methyl sites for hydroxylation is 1. The van der Waals surface area contributed by atoms with Crippen molar-refractivity contribution in [1.82, 2.24) is 0 Å². The average Bonchev–Trinajstić information content (AvgIpc) is 2.43. The van der Waals surface area contributed by atoms with Gasteiger partial charge in [0.1, 0.15) is 5.82 Å². The third-order valence-corrected chi connectivity index (χ3v) is 3.59. The Labute approximate surface area is 127 Å². The maximum Gasteiger partial charge on any atom is 0.123 e. The van der Waals surface area contributed by atoms with Gasteiger partial charge in [0.15, 0.2) is 0 Å². The van der Waals surface area contributed by atoms with E-state index >= 15 is 0 Å². The normalized spacial score (nSPS) is 15.0. The highest BCUT2D eigenvalue weighted by Crippen LogP contribution is 2.17. The summed E-state index contributed by atoms with van der Waals surface area (Å²) in [5.74, 6) is 0.902. The van der Waals surface area contributed by atoms with Gasteiger partial charge >= 0.3 is 0 Å². The van der Waals surface area contributed by atoms with Crippen molar-refractivity contribution in [2.45, 2.75) is 32.2 Å². The van der Waals surface area contributed by atoms with Crippen LogP contribution >= 0.6 is 12.6 Å². The third kappa shape index (κ3) is 6.40. The fraction of sp³-hybridized carbons (Fsp3) is 0.412. The van der Waals surface area contributed by atoms with Gasteiger partial charge in [0.25, 0.3) is 0 Å². The zero-order valence-corrected chi connectivity index (χ0v) is 12.9. The van der Waals surface area contributed by atoms with Gasteiger partial charge in [0, 0.05) is 6.04 Å². The molecule has 0 heterocycles. The Hall–Kier alpha value is -1.06. The predicted molar refractivity (Wildman–Crippen MR) is 88.6 cm³/mol. The van der Waals surface area contributed by atoms with Crippen molar-refractivity contribution in [1.29, 1.82) is 0 Å². The molecule has 0 spiro atoms. The van der Waals surface area contributed by atoms with Crippen LogP contribution in [-0.2, 0) is 6.42 Å². The van der Waals surface area contributed by atoms with E-state index in [2.05, 4.69) is 18.7 Å². The Balaban J connectivity index is 2.63. The van der Waals surface area contributed by atoms with E-state index in [1.165, 1.54) is 6.07 Å². The van der Waals surface area contributed by atoms with Gasteiger partial charge in [-0.3, -0.25) is 0 Å². The second kappa shape index (κ2) is 9.78. The molecule has 2 atom stereocenters. The van der Waals surface area contributed by atoms with Crippen LogP contribution in [0.1, 0.15) is 25.3 Å². The molecule has 0 fully saturated rings. The van der Waals surface area contributed by atoms with Crippen molar-refractivity contribution in [3.05, 3.63) is 60.0 Å². The quantitative estimate of drug-likeness (QED) is 0.546. The van der Waals surface area contributed by atoms with Gasteiger partial charge < -0.3 is 5.73 Å². The van der Waals surface area contributed by atoms with Crippen LogP contribution in [0.5, 0.6) is 0 Å². The topological polar surface area (TPSA) is 26.0 Å². The van der Waals surface area contributed by atoms with Gasteiger partial charge in [-0.1, -0.05) is 36.4 Å². The minimum absolute atomic E-state index is 0.0996. The fourth-order valence-electron chi connectivity index (χ4n) is 2.16. The monoisotopic (exact) mass is 293 g/mol. The number of benzene rings is 1. The molecule has 1 rings (SSSR count). The summed E-state index contributed by atoms with van der Waals surface area (Å²) in [4.78, 5) is 0. The van der Waals surface area contributed by atoms with Gasteiger partial charge in [0.05, 0.1) is 0 Å². The molecule has 1 nitrogen and oxygen atoms in total. The molecule has 0 saturated heterocycles. The first kappa shape index (κ1) is 17.0. The lowest BCUT2D eigenvalue weighted by atomic mass is 9.91. The van der Waals surface area contributed by atoms with E-state index in [1.54, 1.807) is 12.1 Å². The minimum atomic E-state index is -0.178. The molecule has 2 N–H and O–H groups in total. The van der Waals surface area contributed by atoms with Crippen LogP contribution in [-0.4, -0.2) is 11.8 Å². The summed E-state index contributed by atoms with van der Waals surface area (Å²) in [6.07, 6.45) is 10.8. The fourth-order valence-corrected chi connectivity index (χ4v) is 2.46. The Morgan fingerprint density at radius 1 is 1.30 bits per heavy atom. The highest BCUT2D eigenvalue weighted by atomic mass is 32.1. The number of hydrogen-bond acceptors (Lipinski definition) is 2. The predicted octanol–water partition coefficient (Wildman–Crippen LogP) is 4.15. The molecule has 0 aliphatic heterocycles. The van der Waals surface area contributed by atoms with E-state index in [1.807, 2.05) is 31.2 Å². The van der Waals surface area contributed by atoms with Crippen molar-refractivity contribution in [3.8, 4) is 0 Å². The summed E-state index contributed by atoms with van der Waals surface area (Å²) < 4.78 is 13.2. The smallest absolute Gasteiger partial charge is 0.123 e. The largest absolute Gasteiger partial charge is 0.327 e. The van der Waals surface area contributed by atoms with Crippen molar-refractivity contribution in [3.63, 3.8) is 0 Å². The van der Waals surface area contributed by atoms with E-state index in [0.717, 1.165) is 30.6 Å². The van der Waals surface area contributed by atoms with Gasteiger partial charge in [-0.25, -0.2) is 4.39 Å². The van der Waals surface area contributed by atoms with E-state index in [4.69, 9.17) is 5.73 Å². The molecule has 0 aromatic heterocycles. The van der Waals surface area contributed by atoms with E-state index < -0.39 is 0 Å². The number of thiol groups is 1. The molecule has 1 aromatic rings. The van der Waals surface area contributed by atoms with Crippen LogP contribution in [0.25, 0.3) is 0 Å². The van der Waals surface area contributed by atoms with Crippen LogP contribution in [0.15, 0.2) is 48.6 Å². The summed E-state index contributed by atoms with van der Waals surface area (Å²) >= 11 is 4.25. The first-order chi connectivity index (χ1) is 9.67. The molecule has 3 heteroatoms. The summed E-state index contributed by atoms with van der Waals surface area (Å²) in [5.41, 5.74) is 7.23. The van der Waals surface area contributed by atoms with Gasteiger partial charge in [0.2, 0.25) is 0 Å². The average molecular weight is 293 g/mol. The Morgan fingerprint density at radius 3 is 2.75 bits per heavy atom. The molecule has 0 amide bonds. The lowest BCUT2D eigenvalue weighted by Crippen LogP contribution is -2.29. The maximum atomic E-state index is 13.2. The summed E-state index contributed by atoms with van der Waals surface area (Å²) in [5, 5.41) is 0. The molecule has 0 saturated carbocycles. The summed E-state index contributed by atoms with van der Waals surface area (Å²) in [7, 11) is 0. The third-order valence-electron chi connectivity index (χ3n) is 3.33. The van der Waals surface area contributed by atoms with Gasteiger partial charge in [-0.15, -0.1) is 0 Å². The molecular formula is C17H24FNS. The maximum absolute atomic E-state index is 13.2. The molecule has 1 aromatic carbocycles. The molecule has 0 radical (unpaired) electrons.